The van der Waals surface area contributed by atoms with Crippen molar-refractivity contribution in [1.82, 2.24) is 4.98 Å². The molecule has 0 spiro atoms. The van der Waals surface area contributed by atoms with Crippen molar-refractivity contribution in [2.75, 3.05) is 0 Å². The number of hydrogen-bond donors (Lipinski definition) is 1. The second kappa shape index (κ2) is 5.31. The summed E-state index contributed by atoms with van der Waals surface area (Å²) in [6, 6.07) is 5.43. The maximum atomic E-state index is 13.6. The number of carboxylic acid groups (broad SMARTS) is 1. The van der Waals surface area contributed by atoms with E-state index in [9.17, 15) is 19.3 Å². The van der Waals surface area contributed by atoms with Gasteiger partial charge in [-0.15, -0.1) is 0 Å². The minimum Gasteiger partial charge on any atom is -0.477 e. The van der Waals surface area contributed by atoms with Crippen molar-refractivity contribution in [1.29, 1.82) is 0 Å². The van der Waals surface area contributed by atoms with Crippen LogP contribution in [0.5, 0.6) is 11.5 Å². The van der Waals surface area contributed by atoms with E-state index in [0.717, 1.165) is 24.4 Å². The molecule has 7 nitrogen and oxygen atoms in total. The van der Waals surface area contributed by atoms with Crippen LogP contribution in [0.15, 0.2) is 36.5 Å². The normalized spacial score (nSPS) is 10.1. The molecule has 0 atom stereocenters. The van der Waals surface area contributed by atoms with E-state index in [4.69, 9.17) is 9.84 Å². The number of pyridine rings is 1. The second-order valence-electron chi connectivity index (χ2n) is 3.66. The monoisotopic (exact) mass is 278 g/mol. The standard InChI is InChI=1S/C12H7FN2O5/c13-9-5-7(15(18)19)1-4-11(9)20-8-2-3-10(12(16)17)14-6-8/h1-6H,(H,16,17). The van der Waals surface area contributed by atoms with Crippen molar-refractivity contribution < 1.29 is 24.0 Å². The van der Waals surface area contributed by atoms with Crippen LogP contribution in [-0.4, -0.2) is 21.0 Å². The number of rotatable bonds is 4. The van der Waals surface area contributed by atoms with Gasteiger partial charge in [0.05, 0.1) is 17.2 Å². The number of hydrogen-bond acceptors (Lipinski definition) is 5. The molecular weight excluding hydrogens is 271 g/mol. The predicted octanol–water partition coefficient (Wildman–Crippen LogP) is 2.62. The molecule has 1 aromatic carbocycles. The van der Waals surface area contributed by atoms with Gasteiger partial charge < -0.3 is 9.84 Å². The molecule has 1 aromatic heterocycles. The first kappa shape index (κ1) is 13.4. The Morgan fingerprint density at radius 1 is 1.35 bits per heavy atom. The van der Waals surface area contributed by atoms with Gasteiger partial charge in [-0.25, -0.2) is 14.2 Å². The molecule has 2 rings (SSSR count). The van der Waals surface area contributed by atoms with E-state index in [0.29, 0.717) is 0 Å². The van der Waals surface area contributed by atoms with Crippen LogP contribution < -0.4 is 4.74 Å². The summed E-state index contributed by atoms with van der Waals surface area (Å²) in [6.45, 7) is 0. The Labute approximate surface area is 111 Å². The third kappa shape index (κ3) is 2.86. The zero-order valence-electron chi connectivity index (χ0n) is 9.82. The van der Waals surface area contributed by atoms with Crippen molar-refractivity contribution in [3.8, 4) is 11.5 Å². The molecule has 1 heterocycles. The molecule has 0 aliphatic heterocycles. The molecule has 0 fully saturated rings. The topological polar surface area (TPSA) is 103 Å². The van der Waals surface area contributed by atoms with Crippen LogP contribution in [0, 0.1) is 15.9 Å². The van der Waals surface area contributed by atoms with Crippen LogP contribution >= 0.6 is 0 Å². The lowest BCUT2D eigenvalue weighted by atomic mass is 10.3. The minimum absolute atomic E-state index is 0.114. The second-order valence-corrected chi connectivity index (χ2v) is 3.66. The molecule has 1 N–H and O–H groups in total. The molecule has 0 saturated carbocycles. The molecule has 0 aliphatic carbocycles. The SMILES string of the molecule is O=C(O)c1ccc(Oc2ccc([N+](=O)[O-])cc2F)cn1. The van der Waals surface area contributed by atoms with Gasteiger partial charge in [-0.3, -0.25) is 10.1 Å². The summed E-state index contributed by atoms with van der Waals surface area (Å²) in [5.41, 5.74) is -0.573. The Bertz CT molecular complexity index is 672. The van der Waals surface area contributed by atoms with Gasteiger partial charge in [0.1, 0.15) is 11.4 Å². The van der Waals surface area contributed by atoms with Gasteiger partial charge in [0.15, 0.2) is 11.6 Å². The van der Waals surface area contributed by atoms with Crippen LogP contribution in [0.1, 0.15) is 10.5 Å². The number of aromatic carboxylic acids is 1. The number of ether oxygens (including phenoxy) is 1. The molecule has 0 amide bonds. The van der Waals surface area contributed by atoms with Gasteiger partial charge in [-0.2, -0.15) is 0 Å². The van der Waals surface area contributed by atoms with Crippen molar-refractivity contribution in [2.24, 2.45) is 0 Å². The first-order valence-corrected chi connectivity index (χ1v) is 5.28. The molecule has 20 heavy (non-hydrogen) atoms. The molecule has 0 unspecified atom stereocenters. The number of benzene rings is 1. The van der Waals surface area contributed by atoms with Gasteiger partial charge in [0, 0.05) is 6.07 Å². The van der Waals surface area contributed by atoms with Crippen LogP contribution in [0.4, 0.5) is 10.1 Å². The first-order valence-electron chi connectivity index (χ1n) is 5.28. The van der Waals surface area contributed by atoms with Crippen LogP contribution in [-0.2, 0) is 0 Å². The smallest absolute Gasteiger partial charge is 0.354 e. The fraction of sp³-hybridized carbons (Fsp3) is 0. The summed E-state index contributed by atoms with van der Waals surface area (Å²) in [5, 5.41) is 19.1. The average Bonchev–Trinajstić information content (AvgIpc) is 2.41. The number of non-ortho nitro benzene ring substituents is 1. The lowest BCUT2D eigenvalue weighted by molar-refractivity contribution is -0.385. The van der Waals surface area contributed by atoms with Crippen molar-refractivity contribution in [3.63, 3.8) is 0 Å². The third-order valence-electron chi connectivity index (χ3n) is 2.31. The Morgan fingerprint density at radius 2 is 2.10 bits per heavy atom. The summed E-state index contributed by atoms with van der Waals surface area (Å²) in [4.78, 5) is 23.9. The lowest BCUT2D eigenvalue weighted by Crippen LogP contribution is -1.99. The molecule has 0 radical (unpaired) electrons. The molecule has 2 aromatic rings. The number of halogens is 1. The highest BCUT2D eigenvalue weighted by molar-refractivity contribution is 5.85. The summed E-state index contributed by atoms with van der Waals surface area (Å²) in [6.07, 6.45) is 1.12. The molecule has 0 bridgehead atoms. The minimum atomic E-state index is -1.20. The van der Waals surface area contributed by atoms with E-state index < -0.39 is 22.4 Å². The molecule has 8 heteroatoms. The first-order chi connectivity index (χ1) is 9.47. The van der Waals surface area contributed by atoms with E-state index in [1.54, 1.807) is 0 Å². The molecule has 0 aliphatic rings. The van der Waals surface area contributed by atoms with E-state index in [1.165, 1.54) is 12.1 Å². The van der Waals surface area contributed by atoms with Crippen molar-refractivity contribution in [2.45, 2.75) is 0 Å². The summed E-state index contributed by atoms with van der Waals surface area (Å²) in [5.74, 6) is -2.21. The molecule has 102 valence electrons. The molecular formula is C12H7FN2O5. The molecule has 0 saturated heterocycles. The largest absolute Gasteiger partial charge is 0.477 e. The van der Waals surface area contributed by atoms with Crippen LogP contribution in [0.3, 0.4) is 0 Å². The Balaban J connectivity index is 2.21. The van der Waals surface area contributed by atoms with Crippen LogP contribution in [0.2, 0.25) is 0 Å². The Morgan fingerprint density at radius 3 is 2.60 bits per heavy atom. The maximum absolute atomic E-state index is 13.6. The zero-order valence-corrected chi connectivity index (χ0v) is 9.82. The van der Waals surface area contributed by atoms with Gasteiger partial charge in [-0.1, -0.05) is 0 Å². The Kier molecular flexibility index (Phi) is 3.56. The Hall–Kier alpha value is -3.03. The van der Waals surface area contributed by atoms with E-state index in [-0.39, 0.29) is 17.2 Å². The maximum Gasteiger partial charge on any atom is 0.354 e. The number of nitro groups is 1. The van der Waals surface area contributed by atoms with Gasteiger partial charge >= 0.3 is 5.97 Å². The summed E-state index contributed by atoms with van der Waals surface area (Å²) >= 11 is 0. The average molecular weight is 278 g/mol. The number of nitro benzene ring substituents is 1. The highest BCUT2D eigenvalue weighted by Gasteiger charge is 2.12. The number of carboxylic acids is 1. The summed E-state index contributed by atoms with van der Waals surface area (Å²) in [7, 11) is 0. The van der Waals surface area contributed by atoms with E-state index in [1.807, 2.05) is 0 Å². The number of aromatic nitrogens is 1. The quantitative estimate of drug-likeness (QED) is 0.681. The summed E-state index contributed by atoms with van der Waals surface area (Å²) < 4.78 is 18.7. The van der Waals surface area contributed by atoms with E-state index >= 15 is 0 Å². The third-order valence-corrected chi connectivity index (χ3v) is 2.31. The zero-order chi connectivity index (χ0) is 14.7. The van der Waals surface area contributed by atoms with Gasteiger partial charge in [0.2, 0.25) is 0 Å². The predicted molar refractivity (Wildman–Crippen MR) is 64.3 cm³/mol. The number of carbonyl (C=O) groups is 1. The van der Waals surface area contributed by atoms with Gasteiger partial charge in [0.25, 0.3) is 5.69 Å². The highest BCUT2D eigenvalue weighted by atomic mass is 19.1. The van der Waals surface area contributed by atoms with Gasteiger partial charge in [-0.05, 0) is 18.2 Å². The fourth-order valence-corrected chi connectivity index (χ4v) is 1.38. The van der Waals surface area contributed by atoms with E-state index in [2.05, 4.69) is 4.98 Å². The number of nitrogens with zero attached hydrogens (tertiary/aromatic N) is 2. The van der Waals surface area contributed by atoms with Crippen molar-refractivity contribution in [3.05, 3.63) is 58.2 Å². The van der Waals surface area contributed by atoms with Crippen LogP contribution in [0.25, 0.3) is 0 Å². The fourth-order valence-electron chi connectivity index (χ4n) is 1.38. The highest BCUT2D eigenvalue weighted by Crippen LogP contribution is 2.27. The lowest BCUT2D eigenvalue weighted by Gasteiger charge is -2.06. The van der Waals surface area contributed by atoms with Crippen molar-refractivity contribution >= 4 is 11.7 Å².